The van der Waals surface area contributed by atoms with Crippen molar-refractivity contribution in [3.63, 3.8) is 0 Å². The van der Waals surface area contributed by atoms with Crippen LogP contribution in [0.25, 0.3) is 0 Å². The molecule has 0 amide bonds. The van der Waals surface area contributed by atoms with Crippen LogP contribution in [0.2, 0.25) is 0 Å². The Kier molecular flexibility index (Phi) is 12.1. The standard InChI is InChI=1S/C46H31F3O6/c1-4-25-50-37-19-22-43(40(47)28-37)53-34-13-7-31(8-14-34)46(32-9-15-35(16-10-32)54-44-23-20-38(29-41(44)48)51-26-5-2)33-11-17-36(18-12-33)55-45-24-21-39(30-42(45)49)52-27-6-3/h1-3,7-24,28-30,46H,25-27H2. The zero-order chi connectivity index (χ0) is 38.6. The van der Waals surface area contributed by atoms with Crippen molar-refractivity contribution < 1.29 is 41.6 Å². The zero-order valence-corrected chi connectivity index (χ0v) is 29.1. The van der Waals surface area contributed by atoms with Crippen molar-refractivity contribution in [3.05, 3.63) is 162 Å². The summed E-state index contributed by atoms with van der Waals surface area (Å²) in [6.45, 7) is 0.0433. The molecule has 0 aliphatic heterocycles. The van der Waals surface area contributed by atoms with E-state index in [1.54, 1.807) is 54.6 Å². The van der Waals surface area contributed by atoms with Crippen molar-refractivity contribution in [2.45, 2.75) is 5.92 Å². The SMILES string of the molecule is C#CCOc1ccc(Oc2ccc(C(c3ccc(Oc4ccc(OCC#C)cc4F)cc3)c3ccc(Oc4ccc(OCC#C)cc4F)cc3)cc2)c(F)c1. The van der Waals surface area contributed by atoms with Gasteiger partial charge in [-0.15, -0.1) is 19.3 Å². The fourth-order valence-corrected chi connectivity index (χ4v) is 5.48. The van der Waals surface area contributed by atoms with E-state index in [1.165, 1.54) is 36.4 Å². The average molecular weight is 737 g/mol. The van der Waals surface area contributed by atoms with Crippen LogP contribution in [0, 0.1) is 54.5 Å². The number of terminal acetylenes is 3. The molecule has 0 aromatic heterocycles. The van der Waals surface area contributed by atoms with Gasteiger partial charge in [-0.3, -0.25) is 0 Å². The number of ether oxygens (including phenoxy) is 6. The summed E-state index contributed by atoms with van der Waals surface area (Å²) in [7, 11) is 0. The lowest BCUT2D eigenvalue weighted by Crippen LogP contribution is -2.04. The topological polar surface area (TPSA) is 55.4 Å². The summed E-state index contributed by atoms with van der Waals surface area (Å²) in [5.74, 6) is 6.98. The lowest BCUT2D eigenvalue weighted by Gasteiger charge is -2.20. The maximum Gasteiger partial charge on any atom is 0.169 e. The molecule has 0 saturated heterocycles. The third-order valence-electron chi connectivity index (χ3n) is 8.00. The van der Waals surface area contributed by atoms with Gasteiger partial charge in [0, 0.05) is 24.1 Å². The normalized spacial score (nSPS) is 10.4. The van der Waals surface area contributed by atoms with Crippen LogP contribution < -0.4 is 28.4 Å². The molecule has 0 spiro atoms. The first-order valence-electron chi connectivity index (χ1n) is 16.7. The summed E-state index contributed by atoms with van der Waals surface area (Å²) in [5, 5.41) is 0. The van der Waals surface area contributed by atoms with E-state index in [1.807, 2.05) is 36.4 Å². The molecule has 0 radical (unpaired) electrons. The molecular weight excluding hydrogens is 705 g/mol. The van der Waals surface area contributed by atoms with E-state index in [9.17, 15) is 13.2 Å². The van der Waals surface area contributed by atoms with Crippen LogP contribution in [-0.2, 0) is 0 Å². The Morgan fingerprint density at radius 3 is 0.873 bits per heavy atom. The monoisotopic (exact) mass is 736 g/mol. The molecule has 9 heteroatoms. The smallest absolute Gasteiger partial charge is 0.169 e. The Balaban J connectivity index is 1.25. The van der Waals surface area contributed by atoms with Gasteiger partial charge < -0.3 is 28.4 Å². The third kappa shape index (κ3) is 9.73. The van der Waals surface area contributed by atoms with Gasteiger partial charge in [-0.1, -0.05) is 54.2 Å². The number of hydrogen-bond donors (Lipinski definition) is 0. The van der Waals surface area contributed by atoms with Crippen LogP contribution in [-0.4, -0.2) is 19.8 Å². The van der Waals surface area contributed by atoms with Crippen LogP contribution in [0.3, 0.4) is 0 Å². The zero-order valence-electron chi connectivity index (χ0n) is 29.1. The van der Waals surface area contributed by atoms with Crippen molar-refractivity contribution in [1.82, 2.24) is 0 Å². The molecule has 0 fully saturated rings. The predicted molar refractivity (Wildman–Crippen MR) is 203 cm³/mol. The van der Waals surface area contributed by atoms with Gasteiger partial charge in [-0.25, -0.2) is 13.2 Å². The molecule has 6 aromatic rings. The van der Waals surface area contributed by atoms with Crippen molar-refractivity contribution in [1.29, 1.82) is 0 Å². The average Bonchev–Trinajstić information content (AvgIpc) is 3.20. The van der Waals surface area contributed by atoms with Crippen LogP contribution in [0.15, 0.2) is 127 Å². The summed E-state index contributed by atoms with van der Waals surface area (Å²) in [4.78, 5) is 0. The molecule has 0 saturated carbocycles. The lowest BCUT2D eigenvalue weighted by molar-refractivity contribution is 0.364. The second-order valence-corrected chi connectivity index (χ2v) is 11.7. The summed E-state index contributed by atoms with van der Waals surface area (Å²) in [5.41, 5.74) is 2.61. The number of rotatable bonds is 15. The summed E-state index contributed by atoms with van der Waals surface area (Å²) in [6.07, 6.45) is 15.7. The summed E-state index contributed by atoms with van der Waals surface area (Å²) >= 11 is 0. The maximum absolute atomic E-state index is 14.8. The van der Waals surface area contributed by atoms with Crippen LogP contribution >= 0.6 is 0 Å². The van der Waals surface area contributed by atoms with Crippen LogP contribution in [0.4, 0.5) is 13.2 Å². The molecule has 6 nitrogen and oxygen atoms in total. The second kappa shape index (κ2) is 17.9. The number of hydrogen-bond acceptors (Lipinski definition) is 6. The van der Waals surface area contributed by atoms with E-state index in [-0.39, 0.29) is 60.2 Å². The highest BCUT2D eigenvalue weighted by Gasteiger charge is 2.19. The molecule has 0 bridgehead atoms. The minimum absolute atomic E-state index is 0.0144. The highest BCUT2D eigenvalue weighted by atomic mass is 19.1. The number of halogens is 3. The first kappa shape index (κ1) is 37.4. The van der Waals surface area contributed by atoms with Crippen LogP contribution in [0.1, 0.15) is 22.6 Å². The Morgan fingerprint density at radius 1 is 0.382 bits per heavy atom. The summed E-state index contributed by atoms with van der Waals surface area (Å²) in [6, 6.07) is 34.3. The van der Waals surface area contributed by atoms with E-state index in [4.69, 9.17) is 47.7 Å². The van der Waals surface area contributed by atoms with Gasteiger partial charge in [0.05, 0.1) is 0 Å². The van der Waals surface area contributed by atoms with Crippen molar-refractivity contribution in [3.8, 4) is 88.8 Å². The van der Waals surface area contributed by atoms with Gasteiger partial charge in [0.2, 0.25) is 0 Å². The minimum atomic E-state index is -0.609. The molecule has 0 atom stereocenters. The highest BCUT2D eigenvalue weighted by Crippen LogP contribution is 2.37. The van der Waals surface area contributed by atoms with E-state index in [0.717, 1.165) is 16.7 Å². The van der Waals surface area contributed by atoms with Gasteiger partial charge in [0.15, 0.2) is 34.7 Å². The fraction of sp³-hybridized carbons (Fsp3) is 0.0870. The first-order valence-corrected chi connectivity index (χ1v) is 16.7. The van der Waals surface area contributed by atoms with Crippen molar-refractivity contribution in [2.75, 3.05) is 19.8 Å². The molecule has 6 rings (SSSR count). The quantitative estimate of drug-likeness (QED) is 0.0773. The van der Waals surface area contributed by atoms with E-state index < -0.39 is 17.5 Å². The molecular formula is C46H31F3O6. The Morgan fingerprint density at radius 2 is 0.636 bits per heavy atom. The molecule has 0 aliphatic rings. The minimum Gasteiger partial charge on any atom is -0.481 e. The van der Waals surface area contributed by atoms with Gasteiger partial charge in [0.1, 0.15) is 54.3 Å². The van der Waals surface area contributed by atoms with Crippen molar-refractivity contribution in [2.24, 2.45) is 0 Å². The maximum atomic E-state index is 14.8. The molecule has 0 N–H and O–H groups in total. The van der Waals surface area contributed by atoms with Crippen LogP contribution in [0.5, 0.6) is 51.7 Å². The van der Waals surface area contributed by atoms with Gasteiger partial charge >= 0.3 is 0 Å². The highest BCUT2D eigenvalue weighted by molar-refractivity contribution is 5.49. The largest absolute Gasteiger partial charge is 0.481 e. The first-order chi connectivity index (χ1) is 26.8. The Labute approximate surface area is 317 Å². The van der Waals surface area contributed by atoms with Crippen molar-refractivity contribution >= 4 is 0 Å². The van der Waals surface area contributed by atoms with E-state index in [2.05, 4.69) is 17.8 Å². The predicted octanol–water partition coefficient (Wildman–Crippen LogP) is 10.7. The van der Waals surface area contributed by atoms with Gasteiger partial charge in [-0.05, 0) is 89.5 Å². The second-order valence-electron chi connectivity index (χ2n) is 11.7. The van der Waals surface area contributed by atoms with E-state index in [0.29, 0.717) is 17.2 Å². The fourth-order valence-electron chi connectivity index (χ4n) is 5.48. The third-order valence-corrected chi connectivity index (χ3v) is 8.00. The Hall–Kier alpha value is -7.41. The van der Waals surface area contributed by atoms with E-state index >= 15 is 0 Å². The lowest BCUT2D eigenvalue weighted by atomic mass is 9.85. The molecule has 0 unspecified atom stereocenters. The van der Waals surface area contributed by atoms with Gasteiger partial charge in [-0.2, -0.15) is 0 Å². The number of benzene rings is 6. The molecule has 55 heavy (non-hydrogen) atoms. The molecule has 6 aromatic carbocycles. The molecule has 272 valence electrons. The van der Waals surface area contributed by atoms with Gasteiger partial charge in [0.25, 0.3) is 0 Å². The summed E-state index contributed by atoms with van der Waals surface area (Å²) < 4.78 is 77.7. The molecule has 0 heterocycles. The molecule has 0 aliphatic carbocycles. The Bertz CT molecular complexity index is 2100.